The molecule has 0 unspecified atom stereocenters. The fourth-order valence-corrected chi connectivity index (χ4v) is 2.34. The Morgan fingerprint density at radius 1 is 0.962 bits per heavy atom. The van der Waals surface area contributed by atoms with Crippen LogP contribution in [0.3, 0.4) is 0 Å². The number of benzene rings is 1. The summed E-state index contributed by atoms with van der Waals surface area (Å²) in [5.41, 5.74) is 1.45. The first-order valence-corrected chi connectivity index (χ1v) is 7.01. The van der Waals surface area contributed by atoms with Gasteiger partial charge in [-0.2, -0.15) is 0 Å². The van der Waals surface area contributed by atoms with E-state index in [2.05, 4.69) is 9.98 Å². The van der Waals surface area contributed by atoms with Gasteiger partial charge in [-0.3, -0.25) is 14.8 Å². The van der Waals surface area contributed by atoms with Crippen molar-refractivity contribution in [3.8, 4) is 5.75 Å². The summed E-state index contributed by atoms with van der Waals surface area (Å²) < 4.78 is 0. The number of carboxylic acids is 1. The molecule has 26 heavy (non-hydrogen) atoms. The Kier molecular flexibility index (Phi) is 8.62. The maximum atomic E-state index is 11.4. The number of carbonyl (C=O) groups excluding carboxylic acids is 2. The largest absolute Gasteiger partial charge is 1.00 e. The molecule has 1 aromatic heterocycles. The molecule has 0 amide bonds. The Morgan fingerprint density at radius 2 is 1.65 bits per heavy atom. The molecular formula is C18H10N2Na2O4. The number of hydrogen-bond acceptors (Lipinski definition) is 6. The van der Waals surface area contributed by atoms with Crippen LogP contribution in [0.2, 0.25) is 0 Å². The summed E-state index contributed by atoms with van der Waals surface area (Å²) in [5.74, 6) is -1.88. The van der Waals surface area contributed by atoms with Crippen LogP contribution in [0.4, 0.5) is 0 Å². The number of pyridine rings is 1. The summed E-state index contributed by atoms with van der Waals surface area (Å²) in [5, 5.41) is 22.7. The number of hydrogen-bond donors (Lipinski definition) is 0. The molecule has 118 valence electrons. The van der Waals surface area contributed by atoms with Crippen LogP contribution in [0.1, 0.15) is 21.6 Å². The van der Waals surface area contributed by atoms with Crippen molar-refractivity contribution < 1.29 is 78.9 Å². The molecule has 2 aromatic rings. The van der Waals surface area contributed by atoms with Crippen LogP contribution < -0.4 is 69.3 Å². The van der Waals surface area contributed by atoms with E-state index in [0.717, 1.165) is 12.4 Å². The van der Waals surface area contributed by atoms with Crippen molar-refractivity contribution in [2.45, 2.75) is 0 Å². The van der Waals surface area contributed by atoms with Gasteiger partial charge in [0, 0.05) is 17.3 Å². The van der Waals surface area contributed by atoms with E-state index in [1.807, 2.05) is 0 Å². The average Bonchev–Trinajstić information content (AvgIpc) is 2.59. The van der Waals surface area contributed by atoms with E-state index in [-0.39, 0.29) is 76.2 Å². The summed E-state index contributed by atoms with van der Waals surface area (Å²) in [6.45, 7) is 0. The van der Waals surface area contributed by atoms with Crippen molar-refractivity contribution in [2.75, 3.05) is 0 Å². The molecule has 0 fully saturated rings. The van der Waals surface area contributed by atoms with Crippen molar-refractivity contribution in [1.82, 2.24) is 4.98 Å². The maximum Gasteiger partial charge on any atom is 1.00 e. The molecule has 0 bridgehead atoms. The summed E-state index contributed by atoms with van der Waals surface area (Å²) in [6.07, 6.45) is 5.08. The van der Waals surface area contributed by atoms with Crippen molar-refractivity contribution in [3.63, 3.8) is 0 Å². The summed E-state index contributed by atoms with van der Waals surface area (Å²) in [4.78, 5) is 30.9. The molecule has 1 aliphatic rings. The van der Waals surface area contributed by atoms with Gasteiger partial charge in [-0.1, -0.05) is 36.1 Å². The Morgan fingerprint density at radius 3 is 2.19 bits per heavy atom. The first kappa shape index (κ1) is 22.5. The molecule has 0 radical (unpaired) electrons. The zero-order valence-corrected chi connectivity index (χ0v) is 18.3. The fourth-order valence-electron chi connectivity index (χ4n) is 2.34. The first-order chi connectivity index (χ1) is 11.6. The normalized spacial score (nSPS) is 14.2. The van der Waals surface area contributed by atoms with Gasteiger partial charge in [-0.15, -0.1) is 0 Å². The molecule has 2 heterocycles. The van der Waals surface area contributed by atoms with E-state index >= 15 is 0 Å². The molecule has 1 aliphatic heterocycles. The van der Waals surface area contributed by atoms with Crippen LogP contribution in [-0.4, -0.2) is 23.0 Å². The second-order valence-corrected chi connectivity index (χ2v) is 4.97. The number of dihydropyridines is 1. The maximum absolute atomic E-state index is 11.4. The topological polar surface area (TPSA) is 106 Å². The average molecular weight is 364 g/mol. The molecule has 8 heteroatoms. The molecule has 0 N–H and O–H groups in total. The fraction of sp³-hybridized carbons (Fsp3) is 0. The van der Waals surface area contributed by atoms with Crippen molar-refractivity contribution in [1.29, 1.82) is 0 Å². The first-order valence-electron chi connectivity index (χ1n) is 7.01. The van der Waals surface area contributed by atoms with Crippen molar-refractivity contribution in [2.24, 2.45) is 4.99 Å². The zero-order chi connectivity index (χ0) is 17.1. The molecule has 0 aliphatic carbocycles. The minimum absolute atomic E-state index is 0. The third kappa shape index (κ3) is 5.01. The van der Waals surface area contributed by atoms with Gasteiger partial charge in [0.1, 0.15) is 0 Å². The van der Waals surface area contributed by atoms with Crippen molar-refractivity contribution >= 4 is 23.5 Å². The summed E-state index contributed by atoms with van der Waals surface area (Å²) in [6, 6.07) is 9.07. The van der Waals surface area contributed by atoms with Crippen LogP contribution in [0.15, 0.2) is 65.4 Å². The number of aromatic carboxylic acids is 1. The van der Waals surface area contributed by atoms with Gasteiger partial charge in [0.2, 0.25) is 0 Å². The zero-order valence-electron chi connectivity index (χ0n) is 14.3. The Labute approximate surface area is 194 Å². The van der Waals surface area contributed by atoms with E-state index < -0.39 is 5.97 Å². The van der Waals surface area contributed by atoms with E-state index in [9.17, 15) is 19.8 Å². The minimum atomic E-state index is -1.34. The quantitative estimate of drug-likeness (QED) is 0.505. The molecule has 6 nitrogen and oxygen atoms in total. The predicted molar refractivity (Wildman–Crippen MR) is 83.1 cm³/mol. The van der Waals surface area contributed by atoms with Gasteiger partial charge >= 0.3 is 59.1 Å². The number of ketones is 1. The molecule has 0 atom stereocenters. The molecule has 0 saturated carbocycles. The number of aromatic nitrogens is 1. The summed E-state index contributed by atoms with van der Waals surface area (Å²) >= 11 is 0. The monoisotopic (exact) mass is 364 g/mol. The number of aliphatic imine (C=N–C) groups is 1. The van der Waals surface area contributed by atoms with Crippen LogP contribution in [0.25, 0.3) is 5.57 Å². The number of rotatable bonds is 3. The van der Waals surface area contributed by atoms with Gasteiger partial charge in [0.25, 0.3) is 0 Å². The van der Waals surface area contributed by atoms with E-state index in [1.54, 1.807) is 18.2 Å². The smallest absolute Gasteiger partial charge is 0.871 e. The van der Waals surface area contributed by atoms with Gasteiger partial charge < -0.3 is 15.0 Å². The Hall–Kier alpha value is -1.54. The molecule has 3 rings (SSSR count). The van der Waals surface area contributed by atoms with Gasteiger partial charge in [-0.05, 0) is 23.8 Å². The number of carboxylic acid groups (broad SMARTS) is 1. The third-order valence-corrected chi connectivity index (χ3v) is 3.40. The standard InChI is InChI=1S/C18H12N2O4.2Na/c21-11-5-7-15(19-9-11)17(16-8-6-12(22)10-20-16)13-3-1-2-4-14(13)18(23)24;;/h1-10,21H,(H,23,24);;/q;2*+1/p-2/b17-16-;;. The molecule has 0 spiro atoms. The van der Waals surface area contributed by atoms with E-state index in [1.165, 1.54) is 30.4 Å². The third-order valence-electron chi connectivity index (χ3n) is 3.40. The van der Waals surface area contributed by atoms with Crippen LogP contribution in [0, 0.1) is 0 Å². The molecule has 1 aromatic carbocycles. The van der Waals surface area contributed by atoms with Gasteiger partial charge in [0.15, 0.2) is 5.78 Å². The second-order valence-electron chi connectivity index (χ2n) is 4.97. The van der Waals surface area contributed by atoms with E-state index in [0.29, 0.717) is 22.5 Å². The number of carbonyl (C=O) groups is 2. The van der Waals surface area contributed by atoms with Gasteiger partial charge in [0.05, 0.1) is 23.6 Å². The van der Waals surface area contributed by atoms with Crippen molar-refractivity contribution in [3.05, 3.63) is 77.3 Å². The summed E-state index contributed by atoms with van der Waals surface area (Å²) in [7, 11) is 0. The Bertz CT molecular complexity index is 901. The van der Waals surface area contributed by atoms with Crippen LogP contribution in [0.5, 0.6) is 5.75 Å². The molecular weight excluding hydrogens is 354 g/mol. The van der Waals surface area contributed by atoms with Crippen LogP contribution >= 0.6 is 0 Å². The second kappa shape index (κ2) is 9.97. The number of nitrogens with zero attached hydrogens (tertiary/aromatic N) is 2. The van der Waals surface area contributed by atoms with Gasteiger partial charge in [-0.25, -0.2) is 0 Å². The van der Waals surface area contributed by atoms with E-state index in [4.69, 9.17) is 0 Å². The number of allylic oxidation sites excluding steroid dienone is 2. The minimum Gasteiger partial charge on any atom is -0.871 e. The predicted octanol–water partition coefficient (Wildman–Crippen LogP) is -5.50. The van der Waals surface area contributed by atoms with Crippen LogP contribution in [-0.2, 0) is 4.79 Å². The molecule has 0 saturated heterocycles. The SMILES string of the molecule is O=C1C=C/C(=C(/c2ccc([O-])cn2)c2ccccc2C(=O)[O-])N=C1.[Na+].[Na+]. The Balaban J connectivity index is 0.00000169.